The zero-order valence-electron chi connectivity index (χ0n) is 17.1. The SMILES string of the molecule is CCNC(=NCCNC(=O)c1cccc(C)c1)N1CCN(c2cccs2)CC1.I. The summed E-state index contributed by atoms with van der Waals surface area (Å²) < 4.78 is 0. The van der Waals surface area contributed by atoms with Crippen LogP contribution >= 0.6 is 35.3 Å². The Labute approximate surface area is 194 Å². The minimum atomic E-state index is -0.0477. The fraction of sp³-hybridized carbons (Fsp3) is 0.429. The number of nitrogens with one attached hydrogen (secondary N) is 2. The predicted molar refractivity (Wildman–Crippen MR) is 133 cm³/mol. The monoisotopic (exact) mass is 527 g/mol. The Balaban J connectivity index is 0.00000300. The van der Waals surface area contributed by atoms with Gasteiger partial charge in [0.1, 0.15) is 0 Å². The maximum absolute atomic E-state index is 12.2. The first-order valence-corrected chi connectivity index (χ1v) is 10.7. The third-order valence-corrected chi connectivity index (χ3v) is 5.60. The highest BCUT2D eigenvalue weighted by Gasteiger charge is 2.20. The maximum atomic E-state index is 12.2. The van der Waals surface area contributed by atoms with Gasteiger partial charge in [0, 0.05) is 44.8 Å². The van der Waals surface area contributed by atoms with Crippen LogP contribution in [0.3, 0.4) is 0 Å². The van der Waals surface area contributed by atoms with Crippen molar-refractivity contribution in [2.75, 3.05) is 50.7 Å². The van der Waals surface area contributed by atoms with Gasteiger partial charge in [0.15, 0.2) is 5.96 Å². The van der Waals surface area contributed by atoms with Crippen molar-refractivity contribution in [3.05, 3.63) is 52.9 Å². The molecule has 1 aliphatic heterocycles. The summed E-state index contributed by atoms with van der Waals surface area (Å²) in [7, 11) is 0. The minimum Gasteiger partial charge on any atom is -0.360 e. The number of piperazine rings is 1. The van der Waals surface area contributed by atoms with Crippen molar-refractivity contribution in [1.82, 2.24) is 15.5 Å². The van der Waals surface area contributed by atoms with E-state index in [-0.39, 0.29) is 29.9 Å². The van der Waals surface area contributed by atoms with Gasteiger partial charge < -0.3 is 20.4 Å². The fourth-order valence-electron chi connectivity index (χ4n) is 3.23. The Kier molecular flexibility index (Phi) is 9.72. The van der Waals surface area contributed by atoms with Gasteiger partial charge in [0.05, 0.1) is 11.5 Å². The molecule has 0 unspecified atom stereocenters. The molecule has 158 valence electrons. The number of carbonyl (C=O) groups is 1. The third-order valence-electron chi connectivity index (χ3n) is 4.67. The lowest BCUT2D eigenvalue weighted by atomic mass is 10.1. The zero-order valence-corrected chi connectivity index (χ0v) is 20.2. The van der Waals surface area contributed by atoms with Crippen molar-refractivity contribution < 1.29 is 4.79 Å². The summed E-state index contributed by atoms with van der Waals surface area (Å²) >= 11 is 1.79. The molecule has 0 radical (unpaired) electrons. The van der Waals surface area contributed by atoms with Gasteiger partial charge in [-0.2, -0.15) is 0 Å². The lowest BCUT2D eigenvalue weighted by Gasteiger charge is -2.37. The number of aryl methyl sites for hydroxylation is 1. The molecule has 1 amide bonds. The highest BCUT2D eigenvalue weighted by molar-refractivity contribution is 14.0. The summed E-state index contributed by atoms with van der Waals surface area (Å²) in [6.45, 7) is 9.86. The molecule has 1 aromatic heterocycles. The summed E-state index contributed by atoms with van der Waals surface area (Å²) in [5, 5.41) is 9.79. The Morgan fingerprint density at radius 2 is 1.93 bits per heavy atom. The number of rotatable bonds is 6. The van der Waals surface area contributed by atoms with Crippen LogP contribution in [0.1, 0.15) is 22.8 Å². The average Bonchev–Trinajstić information content (AvgIpc) is 3.25. The van der Waals surface area contributed by atoms with E-state index in [0.717, 1.165) is 44.2 Å². The first-order valence-electron chi connectivity index (χ1n) is 9.84. The fourth-order valence-corrected chi connectivity index (χ4v) is 4.02. The Bertz CT molecular complexity index is 788. The van der Waals surface area contributed by atoms with E-state index in [4.69, 9.17) is 4.99 Å². The number of thiophene rings is 1. The van der Waals surface area contributed by atoms with Gasteiger partial charge in [-0.25, -0.2) is 0 Å². The van der Waals surface area contributed by atoms with E-state index in [1.807, 2.05) is 31.2 Å². The van der Waals surface area contributed by atoms with Gasteiger partial charge in [0.2, 0.25) is 0 Å². The summed E-state index contributed by atoms with van der Waals surface area (Å²) in [4.78, 5) is 21.7. The summed E-state index contributed by atoms with van der Waals surface area (Å²) in [6, 6.07) is 11.9. The molecule has 29 heavy (non-hydrogen) atoms. The third kappa shape index (κ3) is 6.88. The molecule has 0 bridgehead atoms. The minimum absolute atomic E-state index is 0. The van der Waals surface area contributed by atoms with Crippen molar-refractivity contribution in [2.24, 2.45) is 4.99 Å². The lowest BCUT2D eigenvalue weighted by Crippen LogP contribution is -2.52. The molecule has 2 N–H and O–H groups in total. The number of halogens is 1. The van der Waals surface area contributed by atoms with Gasteiger partial charge in [-0.3, -0.25) is 9.79 Å². The number of guanidine groups is 1. The highest BCUT2D eigenvalue weighted by atomic mass is 127. The highest BCUT2D eigenvalue weighted by Crippen LogP contribution is 2.22. The average molecular weight is 527 g/mol. The molecule has 2 aromatic rings. The molecule has 1 aromatic carbocycles. The van der Waals surface area contributed by atoms with E-state index in [0.29, 0.717) is 18.7 Å². The van der Waals surface area contributed by atoms with Gasteiger partial charge in [0.25, 0.3) is 5.91 Å². The summed E-state index contributed by atoms with van der Waals surface area (Å²) in [5.41, 5.74) is 1.78. The molecule has 3 rings (SSSR count). The second kappa shape index (κ2) is 12.0. The number of benzene rings is 1. The van der Waals surface area contributed by atoms with Crippen LogP contribution in [-0.4, -0.2) is 62.6 Å². The van der Waals surface area contributed by atoms with Gasteiger partial charge in [-0.05, 0) is 43.5 Å². The number of amides is 1. The molecule has 1 fully saturated rings. The van der Waals surface area contributed by atoms with Crippen LogP contribution in [0.15, 0.2) is 46.8 Å². The maximum Gasteiger partial charge on any atom is 0.251 e. The molecular formula is C21H30IN5OS. The number of hydrogen-bond acceptors (Lipinski definition) is 4. The standard InChI is InChI=1S/C21H29N5OS.HI/c1-3-22-21(26-13-11-25(12-14-26)19-8-5-15-28-19)24-10-9-23-20(27)18-7-4-6-17(2)16-18;/h4-8,15-16H,3,9-14H2,1-2H3,(H,22,24)(H,23,27);1H. The second-order valence-corrected chi connectivity index (χ2v) is 7.71. The number of anilines is 1. The molecule has 0 saturated carbocycles. The van der Waals surface area contributed by atoms with Crippen molar-refractivity contribution >= 4 is 52.2 Å². The molecule has 0 aliphatic carbocycles. The molecule has 8 heteroatoms. The molecule has 2 heterocycles. The van der Waals surface area contributed by atoms with Crippen LogP contribution in [0.4, 0.5) is 5.00 Å². The first kappa shape index (κ1) is 23.5. The Hall–Kier alpha value is -1.81. The number of nitrogens with zero attached hydrogens (tertiary/aromatic N) is 3. The molecule has 0 spiro atoms. The molecule has 0 atom stereocenters. The van der Waals surface area contributed by atoms with Crippen LogP contribution < -0.4 is 15.5 Å². The van der Waals surface area contributed by atoms with Gasteiger partial charge >= 0.3 is 0 Å². The molecular weight excluding hydrogens is 497 g/mol. The molecule has 1 aliphatic rings. The normalized spacial score (nSPS) is 14.3. The molecule has 1 saturated heterocycles. The lowest BCUT2D eigenvalue weighted by molar-refractivity contribution is 0.0954. The Morgan fingerprint density at radius 1 is 1.14 bits per heavy atom. The largest absolute Gasteiger partial charge is 0.360 e. The smallest absolute Gasteiger partial charge is 0.251 e. The summed E-state index contributed by atoms with van der Waals surface area (Å²) in [6.07, 6.45) is 0. The van der Waals surface area contributed by atoms with Crippen molar-refractivity contribution in [3.63, 3.8) is 0 Å². The van der Waals surface area contributed by atoms with Crippen LogP contribution in [0.25, 0.3) is 0 Å². The van der Waals surface area contributed by atoms with E-state index in [2.05, 4.69) is 44.9 Å². The molecule has 6 nitrogen and oxygen atoms in total. The predicted octanol–water partition coefficient (Wildman–Crippen LogP) is 3.19. The number of carbonyl (C=O) groups excluding carboxylic acids is 1. The first-order chi connectivity index (χ1) is 13.7. The topological polar surface area (TPSA) is 60.0 Å². The van der Waals surface area contributed by atoms with E-state index in [9.17, 15) is 4.79 Å². The second-order valence-electron chi connectivity index (χ2n) is 6.79. The van der Waals surface area contributed by atoms with Crippen LogP contribution in [0.5, 0.6) is 0 Å². The van der Waals surface area contributed by atoms with E-state index >= 15 is 0 Å². The van der Waals surface area contributed by atoms with Gasteiger partial charge in [-0.1, -0.05) is 17.7 Å². The van der Waals surface area contributed by atoms with Crippen molar-refractivity contribution in [2.45, 2.75) is 13.8 Å². The van der Waals surface area contributed by atoms with E-state index in [1.165, 1.54) is 5.00 Å². The van der Waals surface area contributed by atoms with Crippen LogP contribution in [-0.2, 0) is 0 Å². The van der Waals surface area contributed by atoms with E-state index < -0.39 is 0 Å². The van der Waals surface area contributed by atoms with Crippen LogP contribution in [0, 0.1) is 6.92 Å². The quantitative estimate of drug-likeness (QED) is 0.262. The number of aliphatic imine (C=N–C) groups is 1. The van der Waals surface area contributed by atoms with E-state index in [1.54, 1.807) is 11.3 Å². The van der Waals surface area contributed by atoms with Crippen LogP contribution in [0.2, 0.25) is 0 Å². The van der Waals surface area contributed by atoms with Gasteiger partial charge in [-0.15, -0.1) is 35.3 Å². The Morgan fingerprint density at radius 3 is 2.59 bits per heavy atom. The van der Waals surface area contributed by atoms with Crippen molar-refractivity contribution in [1.29, 1.82) is 0 Å². The van der Waals surface area contributed by atoms with Crippen molar-refractivity contribution in [3.8, 4) is 0 Å². The number of hydrogen-bond donors (Lipinski definition) is 2. The zero-order chi connectivity index (χ0) is 19.8. The summed E-state index contributed by atoms with van der Waals surface area (Å²) in [5.74, 6) is 0.881.